The van der Waals surface area contributed by atoms with Crippen molar-refractivity contribution in [3.05, 3.63) is 71.3 Å². The molecule has 3 rings (SSSR count). The Bertz CT molecular complexity index is 1110. The lowest BCUT2D eigenvalue weighted by Gasteiger charge is -2.29. The Morgan fingerprint density at radius 3 is 2.14 bits per heavy atom. The number of imide groups is 1. The van der Waals surface area contributed by atoms with Crippen LogP contribution in [0.4, 0.5) is 0 Å². The number of carbonyl (C=O) groups is 4. The van der Waals surface area contributed by atoms with Crippen LogP contribution in [0.25, 0.3) is 0 Å². The molecule has 1 aliphatic rings. The van der Waals surface area contributed by atoms with E-state index in [9.17, 15) is 19.2 Å². The smallest absolute Gasteiger partial charge is 0.257 e. The third-order valence-corrected chi connectivity index (χ3v) is 5.88. The van der Waals surface area contributed by atoms with Gasteiger partial charge in [-0.05, 0) is 49.4 Å². The summed E-state index contributed by atoms with van der Waals surface area (Å²) in [5.41, 5.74) is 6.59. The highest BCUT2D eigenvalue weighted by Crippen LogP contribution is 2.21. The zero-order chi connectivity index (χ0) is 25.5. The number of likely N-dealkylation sites (tertiary alicyclic amines) is 1. The van der Waals surface area contributed by atoms with E-state index >= 15 is 0 Å². The lowest BCUT2D eigenvalue weighted by atomic mass is 10.0. The molecular weight excluding hydrogens is 482 g/mol. The zero-order valence-corrected chi connectivity index (χ0v) is 21.1. The van der Waals surface area contributed by atoms with Crippen LogP contribution in [-0.2, 0) is 9.59 Å². The monoisotopic (exact) mass is 513 g/mol. The van der Waals surface area contributed by atoms with E-state index in [1.165, 1.54) is 29.2 Å². The number of nitrogens with one attached hydrogen (secondary N) is 3. The van der Waals surface area contributed by atoms with E-state index in [2.05, 4.69) is 10.6 Å². The Labute approximate surface area is 216 Å². The largest absolute Gasteiger partial charge is 0.384 e. The molecule has 36 heavy (non-hydrogen) atoms. The number of carbonyl (C=O) groups excluding carboxylic acids is 4. The number of hydrogen-bond donors (Lipinski definition) is 4. The van der Waals surface area contributed by atoms with E-state index in [1.807, 2.05) is 13.8 Å². The van der Waals surface area contributed by atoms with Crippen LogP contribution in [0.15, 0.2) is 54.6 Å². The number of amidine groups is 1. The van der Waals surface area contributed by atoms with E-state index in [1.54, 1.807) is 30.3 Å². The highest BCUT2D eigenvalue weighted by molar-refractivity contribution is 6.07. The number of benzene rings is 2. The quantitative estimate of drug-likeness (QED) is 0.243. The lowest BCUT2D eigenvalue weighted by Crippen LogP contribution is -2.54. The minimum Gasteiger partial charge on any atom is -0.384 e. The molecule has 9 nitrogen and oxygen atoms in total. The fourth-order valence-corrected chi connectivity index (χ4v) is 4.10. The summed E-state index contributed by atoms with van der Waals surface area (Å²) >= 11 is 0. The number of nitrogen functional groups attached to an aromatic ring is 1. The third-order valence-electron chi connectivity index (χ3n) is 5.88. The molecule has 0 spiro atoms. The van der Waals surface area contributed by atoms with E-state index in [4.69, 9.17) is 11.1 Å². The van der Waals surface area contributed by atoms with E-state index in [-0.39, 0.29) is 41.5 Å². The minimum absolute atomic E-state index is 0. The number of hydrogen-bond acceptors (Lipinski definition) is 5. The average Bonchev–Trinajstić information content (AvgIpc) is 3.33. The Morgan fingerprint density at radius 1 is 0.972 bits per heavy atom. The predicted octanol–water partition coefficient (Wildman–Crippen LogP) is 2.48. The van der Waals surface area contributed by atoms with Crippen LogP contribution in [0, 0.1) is 11.3 Å². The minimum atomic E-state index is -0.800. The van der Waals surface area contributed by atoms with Crippen LogP contribution in [0.3, 0.4) is 0 Å². The molecule has 0 radical (unpaired) electrons. The van der Waals surface area contributed by atoms with E-state index < -0.39 is 23.9 Å². The van der Waals surface area contributed by atoms with Crippen molar-refractivity contribution in [1.82, 2.24) is 15.5 Å². The van der Waals surface area contributed by atoms with Gasteiger partial charge in [0.25, 0.3) is 11.8 Å². The van der Waals surface area contributed by atoms with Crippen molar-refractivity contribution < 1.29 is 19.2 Å². The second kappa shape index (κ2) is 12.8. The summed E-state index contributed by atoms with van der Waals surface area (Å²) in [6, 6.07) is 13.1. The first-order valence-corrected chi connectivity index (χ1v) is 11.6. The van der Waals surface area contributed by atoms with E-state index in [0.717, 1.165) is 0 Å². The average molecular weight is 514 g/mol. The van der Waals surface area contributed by atoms with Crippen molar-refractivity contribution in [2.45, 2.75) is 45.2 Å². The number of amides is 4. The van der Waals surface area contributed by atoms with Gasteiger partial charge in [-0.15, -0.1) is 12.4 Å². The molecule has 0 unspecified atom stereocenters. The van der Waals surface area contributed by atoms with Crippen LogP contribution in [0.1, 0.15) is 59.4 Å². The third kappa shape index (κ3) is 7.14. The van der Waals surface area contributed by atoms with Crippen molar-refractivity contribution in [1.29, 1.82) is 5.41 Å². The van der Waals surface area contributed by atoms with Crippen LogP contribution in [0.2, 0.25) is 0 Å². The van der Waals surface area contributed by atoms with Crippen molar-refractivity contribution in [3.63, 3.8) is 0 Å². The molecule has 5 N–H and O–H groups in total. The molecule has 1 heterocycles. The number of nitrogens with two attached hydrogens (primary N) is 1. The first kappa shape index (κ1) is 28.5. The molecule has 0 bridgehead atoms. The summed E-state index contributed by atoms with van der Waals surface area (Å²) in [4.78, 5) is 53.1. The SMILES string of the molecule is CC(C)C[C@@H](NC(=O)c1ccccc1)C(=O)N1CCC[C@H]1C(=O)NC(=O)c1ccc(C(=N)N)cc1.Cl. The number of halogens is 1. The van der Waals surface area contributed by atoms with Gasteiger partial charge in [-0.1, -0.05) is 44.2 Å². The van der Waals surface area contributed by atoms with Gasteiger partial charge in [-0.25, -0.2) is 0 Å². The second-order valence-electron chi connectivity index (χ2n) is 9.02. The fourth-order valence-electron chi connectivity index (χ4n) is 4.10. The van der Waals surface area contributed by atoms with Crippen LogP contribution >= 0.6 is 12.4 Å². The fraction of sp³-hybridized carbons (Fsp3) is 0.346. The topological polar surface area (TPSA) is 145 Å². The van der Waals surface area contributed by atoms with E-state index in [0.29, 0.717) is 36.9 Å². The second-order valence-corrected chi connectivity index (χ2v) is 9.02. The molecule has 1 aliphatic heterocycles. The molecule has 192 valence electrons. The number of nitrogens with zero attached hydrogens (tertiary/aromatic N) is 1. The Morgan fingerprint density at radius 2 is 1.56 bits per heavy atom. The molecule has 1 saturated heterocycles. The summed E-state index contributed by atoms with van der Waals surface area (Å²) in [6.07, 6.45) is 1.46. The molecule has 2 atom stereocenters. The van der Waals surface area contributed by atoms with Gasteiger partial charge in [0.1, 0.15) is 17.9 Å². The molecular formula is C26H32ClN5O4. The summed E-state index contributed by atoms with van der Waals surface area (Å²) < 4.78 is 0. The molecule has 0 saturated carbocycles. The normalized spacial score (nSPS) is 15.5. The molecule has 10 heteroatoms. The predicted molar refractivity (Wildman–Crippen MR) is 139 cm³/mol. The molecule has 2 aromatic rings. The molecule has 4 amide bonds. The van der Waals surface area contributed by atoms with Gasteiger partial charge in [-0.2, -0.15) is 0 Å². The molecule has 2 aromatic carbocycles. The van der Waals surface area contributed by atoms with Gasteiger partial charge < -0.3 is 16.0 Å². The zero-order valence-electron chi connectivity index (χ0n) is 20.3. The van der Waals surface area contributed by atoms with Crippen LogP contribution in [-0.4, -0.2) is 53.0 Å². The molecule has 0 aromatic heterocycles. The maximum atomic E-state index is 13.4. The summed E-state index contributed by atoms with van der Waals surface area (Å²) in [5, 5.41) is 12.6. The van der Waals surface area contributed by atoms with Gasteiger partial charge in [0.05, 0.1) is 0 Å². The summed E-state index contributed by atoms with van der Waals surface area (Å²) in [7, 11) is 0. The maximum Gasteiger partial charge on any atom is 0.257 e. The van der Waals surface area contributed by atoms with Crippen molar-refractivity contribution >= 4 is 41.9 Å². The van der Waals surface area contributed by atoms with Gasteiger partial charge in [0.15, 0.2) is 0 Å². The van der Waals surface area contributed by atoms with Crippen molar-refractivity contribution in [2.75, 3.05) is 6.54 Å². The Kier molecular flexibility index (Phi) is 10.2. The Balaban J connectivity index is 0.00000456. The summed E-state index contributed by atoms with van der Waals surface area (Å²) in [6.45, 7) is 4.28. The summed E-state index contributed by atoms with van der Waals surface area (Å²) in [5.74, 6) is -1.83. The van der Waals surface area contributed by atoms with Gasteiger partial charge >= 0.3 is 0 Å². The standard InChI is InChI=1S/C26H31N5O4.ClH/c1-16(2)15-20(29-23(32)18-7-4-3-5-8-18)26(35)31-14-6-9-21(31)25(34)30-24(33)19-12-10-17(11-13-19)22(27)28;/h3-5,7-8,10-13,16,20-21H,6,9,14-15H2,1-2H3,(H3,27,28)(H,29,32)(H,30,33,34);1H/t20-,21+;/m1./s1. The van der Waals surface area contributed by atoms with Crippen LogP contribution in [0.5, 0.6) is 0 Å². The first-order valence-electron chi connectivity index (χ1n) is 11.6. The highest BCUT2D eigenvalue weighted by Gasteiger charge is 2.38. The van der Waals surface area contributed by atoms with Gasteiger partial charge in [0.2, 0.25) is 11.8 Å². The number of rotatable bonds is 8. The molecule has 0 aliphatic carbocycles. The Hall–Kier alpha value is -3.72. The molecule has 1 fully saturated rings. The van der Waals surface area contributed by atoms with Crippen molar-refractivity contribution in [3.8, 4) is 0 Å². The van der Waals surface area contributed by atoms with Gasteiger partial charge in [0, 0.05) is 23.2 Å². The first-order chi connectivity index (χ1) is 16.7. The van der Waals surface area contributed by atoms with Gasteiger partial charge in [-0.3, -0.25) is 29.9 Å². The lowest BCUT2D eigenvalue weighted by molar-refractivity contribution is -0.139. The maximum absolute atomic E-state index is 13.4. The van der Waals surface area contributed by atoms with Crippen molar-refractivity contribution in [2.24, 2.45) is 11.7 Å². The van der Waals surface area contributed by atoms with Crippen LogP contribution < -0.4 is 16.4 Å². The highest BCUT2D eigenvalue weighted by atomic mass is 35.5.